The standard InChI is InChI=1S/C15H12F2N2O/c16-13-7-12(8-14(17)9-13)10-19-15(20)2-1-11-3-5-18-6-4-11/h1-9H,10H2,(H,19,20)/b2-1+. The smallest absolute Gasteiger partial charge is 0.244 e. The second-order valence-electron chi connectivity index (χ2n) is 4.11. The van der Waals surface area contributed by atoms with E-state index in [1.165, 1.54) is 18.2 Å². The Morgan fingerprint density at radius 1 is 1.15 bits per heavy atom. The minimum absolute atomic E-state index is 0.0637. The second-order valence-corrected chi connectivity index (χ2v) is 4.11. The van der Waals surface area contributed by atoms with Crippen LogP contribution < -0.4 is 5.32 Å². The monoisotopic (exact) mass is 274 g/mol. The van der Waals surface area contributed by atoms with Gasteiger partial charge in [0, 0.05) is 31.1 Å². The number of aromatic nitrogens is 1. The van der Waals surface area contributed by atoms with Crippen molar-refractivity contribution in [3.8, 4) is 0 Å². The van der Waals surface area contributed by atoms with Crippen LogP contribution >= 0.6 is 0 Å². The molecule has 0 spiro atoms. The highest BCUT2D eigenvalue weighted by atomic mass is 19.1. The number of halogens is 2. The van der Waals surface area contributed by atoms with E-state index in [1.807, 2.05) is 0 Å². The fraction of sp³-hybridized carbons (Fsp3) is 0.0667. The number of carbonyl (C=O) groups excluding carboxylic acids is 1. The second kappa shape index (κ2) is 6.56. The minimum Gasteiger partial charge on any atom is -0.348 e. The van der Waals surface area contributed by atoms with Gasteiger partial charge in [0.2, 0.25) is 5.91 Å². The van der Waals surface area contributed by atoms with E-state index in [4.69, 9.17) is 0 Å². The lowest BCUT2D eigenvalue weighted by Gasteiger charge is -2.03. The van der Waals surface area contributed by atoms with Gasteiger partial charge in [0.1, 0.15) is 11.6 Å². The Bertz CT molecular complexity index is 607. The van der Waals surface area contributed by atoms with E-state index in [-0.39, 0.29) is 12.5 Å². The van der Waals surface area contributed by atoms with E-state index < -0.39 is 11.6 Å². The number of hydrogen-bond acceptors (Lipinski definition) is 2. The highest BCUT2D eigenvalue weighted by Gasteiger charge is 2.01. The summed E-state index contributed by atoms with van der Waals surface area (Å²) in [6.45, 7) is 0.0637. The summed E-state index contributed by atoms with van der Waals surface area (Å²) < 4.78 is 25.9. The van der Waals surface area contributed by atoms with E-state index in [2.05, 4.69) is 10.3 Å². The van der Waals surface area contributed by atoms with Gasteiger partial charge in [-0.15, -0.1) is 0 Å². The molecule has 1 aromatic heterocycles. The molecule has 3 nitrogen and oxygen atoms in total. The van der Waals surface area contributed by atoms with Gasteiger partial charge in [-0.05, 0) is 41.5 Å². The van der Waals surface area contributed by atoms with Gasteiger partial charge >= 0.3 is 0 Å². The fourth-order valence-electron chi connectivity index (χ4n) is 1.61. The van der Waals surface area contributed by atoms with Crippen molar-refractivity contribution in [3.63, 3.8) is 0 Å². The summed E-state index contributed by atoms with van der Waals surface area (Å²) in [6, 6.07) is 6.65. The molecule has 2 aromatic rings. The number of nitrogens with one attached hydrogen (secondary N) is 1. The predicted molar refractivity (Wildman–Crippen MR) is 71.5 cm³/mol. The molecule has 20 heavy (non-hydrogen) atoms. The van der Waals surface area contributed by atoms with Crippen molar-refractivity contribution in [2.75, 3.05) is 0 Å². The van der Waals surface area contributed by atoms with Gasteiger partial charge in [-0.2, -0.15) is 0 Å². The molecule has 102 valence electrons. The first kappa shape index (κ1) is 13.9. The van der Waals surface area contributed by atoms with Crippen LogP contribution in [0.15, 0.2) is 48.8 Å². The van der Waals surface area contributed by atoms with Crippen LogP contribution in [0.2, 0.25) is 0 Å². The number of amides is 1. The summed E-state index contributed by atoms with van der Waals surface area (Å²) in [4.78, 5) is 15.4. The molecular formula is C15H12F2N2O. The molecule has 0 fully saturated rings. The highest BCUT2D eigenvalue weighted by molar-refractivity contribution is 5.91. The minimum atomic E-state index is -0.665. The van der Waals surface area contributed by atoms with E-state index in [0.717, 1.165) is 11.6 Å². The molecule has 0 radical (unpaired) electrons. The third-order valence-electron chi connectivity index (χ3n) is 2.52. The zero-order valence-electron chi connectivity index (χ0n) is 10.5. The van der Waals surface area contributed by atoms with Crippen LogP contribution in [0.4, 0.5) is 8.78 Å². The predicted octanol–water partition coefficient (Wildman–Crippen LogP) is 2.69. The van der Waals surface area contributed by atoms with Crippen LogP contribution in [0.1, 0.15) is 11.1 Å². The first-order chi connectivity index (χ1) is 9.63. The third kappa shape index (κ3) is 4.28. The summed E-state index contributed by atoms with van der Waals surface area (Å²) >= 11 is 0. The Hall–Kier alpha value is -2.56. The Labute approximate surface area is 115 Å². The molecule has 1 amide bonds. The summed E-state index contributed by atoms with van der Waals surface area (Å²) in [5.74, 6) is -1.67. The van der Waals surface area contributed by atoms with E-state index in [0.29, 0.717) is 5.56 Å². The molecule has 0 aliphatic heterocycles. The first-order valence-electron chi connectivity index (χ1n) is 5.94. The van der Waals surface area contributed by atoms with Gasteiger partial charge in [0.05, 0.1) is 0 Å². The lowest BCUT2D eigenvalue weighted by Crippen LogP contribution is -2.20. The molecule has 1 aromatic carbocycles. The average Bonchev–Trinajstić information content (AvgIpc) is 2.43. The molecular weight excluding hydrogens is 262 g/mol. The Morgan fingerprint density at radius 2 is 1.80 bits per heavy atom. The number of benzene rings is 1. The number of hydrogen-bond donors (Lipinski definition) is 1. The van der Waals surface area contributed by atoms with Gasteiger partial charge < -0.3 is 5.32 Å². The third-order valence-corrected chi connectivity index (χ3v) is 2.52. The largest absolute Gasteiger partial charge is 0.348 e. The molecule has 5 heteroatoms. The van der Waals surface area contributed by atoms with Crippen LogP contribution in [0.5, 0.6) is 0 Å². The van der Waals surface area contributed by atoms with Crippen molar-refractivity contribution in [2.45, 2.75) is 6.54 Å². The van der Waals surface area contributed by atoms with Crippen LogP contribution in [-0.4, -0.2) is 10.9 Å². The van der Waals surface area contributed by atoms with E-state index in [1.54, 1.807) is 30.6 Å². The first-order valence-corrected chi connectivity index (χ1v) is 5.94. The summed E-state index contributed by atoms with van der Waals surface area (Å²) in [6.07, 6.45) is 6.22. The van der Waals surface area contributed by atoms with E-state index >= 15 is 0 Å². The van der Waals surface area contributed by atoms with Crippen molar-refractivity contribution in [2.24, 2.45) is 0 Å². The van der Waals surface area contributed by atoms with Crippen LogP contribution in [-0.2, 0) is 11.3 Å². The molecule has 0 atom stereocenters. The average molecular weight is 274 g/mol. The molecule has 0 saturated carbocycles. The van der Waals surface area contributed by atoms with Gasteiger partial charge in [0.25, 0.3) is 0 Å². The molecule has 1 N–H and O–H groups in total. The Morgan fingerprint density at radius 3 is 2.45 bits per heavy atom. The maximum Gasteiger partial charge on any atom is 0.244 e. The lowest BCUT2D eigenvalue weighted by atomic mass is 10.2. The van der Waals surface area contributed by atoms with Crippen molar-refractivity contribution in [3.05, 3.63) is 71.6 Å². The maximum atomic E-state index is 12.9. The summed E-state index contributed by atoms with van der Waals surface area (Å²) in [5, 5.41) is 2.55. The van der Waals surface area contributed by atoms with Crippen molar-refractivity contribution < 1.29 is 13.6 Å². The summed E-state index contributed by atoms with van der Waals surface area (Å²) in [5.41, 5.74) is 1.21. The lowest BCUT2D eigenvalue weighted by molar-refractivity contribution is -0.116. The van der Waals surface area contributed by atoms with Gasteiger partial charge in [-0.25, -0.2) is 8.78 Å². The number of pyridine rings is 1. The van der Waals surface area contributed by atoms with Crippen LogP contribution in [0.3, 0.4) is 0 Å². The van der Waals surface area contributed by atoms with Gasteiger partial charge in [-0.1, -0.05) is 0 Å². The molecule has 1 heterocycles. The maximum absolute atomic E-state index is 12.9. The zero-order valence-corrected chi connectivity index (χ0v) is 10.5. The summed E-state index contributed by atoms with van der Waals surface area (Å²) in [7, 11) is 0. The highest BCUT2D eigenvalue weighted by Crippen LogP contribution is 2.07. The van der Waals surface area contributed by atoms with Crippen molar-refractivity contribution in [1.82, 2.24) is 10.3 Å². The number of nitrogens with zero attached hydrogens (tertiary/aromatic N) is 1. The van der Waals surface area contributed by atoms with Crippen molar-refractivity contribution >= 4 is 12.0 Å². The molecule has 0 bridgehead atoms. The quantitative estimate of drug-likeness (QED) is 0.871. The normalized spacial score (nSPS) is 10.7. The van der Waals surface area contributed by atoms with Crippen molar-refractivity contribution in [1.29, 1.82) is 0 Å². The Balaban J connectivity index is 1.91. The molecule has 0 saturated heterocycles. The van der Waals surface area contributed by atoms with Gasteiger partial charge in [-0.3, -0.25) is 9.78 Å². The zero-order chi connectivity index (χ0) is 14.4. The van der Waals surface area contributed by atoms with Crippen LogP contribution in [0, 0.1) is 11.6 Å². The van der Waals surface area contributed by atoms with Crippen LogP contribution in [0.25, 0.3) is 6.08 Å². The number of rotatable bonds is 4. The SMILES string of the molecule is O=C(/C=C/c1ccncc1)NCc1cc(F)cc(F)c1. The number of carbonyl (C=O) groups is 1. The molecule has 0 unspecified atom stereocenters. The Kier molecular flexibility index (Phi) is 4.55. The topological polar surface area (TPSA) is 42.0 Å². The molecule has 2 rings (SSSR count). The van der Waals surface area contributed by atoms with E-state index in [9.17, 15) is 13.6 Å². The fourth-order valence-corrected chi connectivity index (χ4v) is 1.61. The molecule has 0 aliphatic rings. The van der Waals surface area contributed by atoms with Gasteiger partial charge in [0.15, 0.2) is 0 Å². The molecule has 0 aliphatic carbocycles.